The van der Waals surface area contributed by atoms with E-state index < -0.39 is 26.1 Å². The van der Waals surface area contributed by atoms with Crippen LogP contribution in [0.25, 0.3) is 0 Å². The summed E-state index contributed by atoms with van der Waals surface area (Å²) in [5, 5.41) is 0. The number of hydrogen-bond donors (Lipinski definition) is 1. The molecule has 2 aromatic rings. The average Bonchev–Trinajstić information content (AvgIpc) is 2.69. The predicted octanol–water partition coefficient (Wildman–Crippen LogP) is 2.90. The van der Waals surface area contributed by atoms with Crippen LogP contribution in [0.15, 0.2) is 64.4 Å². The van der Waals surface area contributed by atoms with E-state index in [1.54, 1.807) is 6.92 Å². The van der Waals surface area contributed by atoms with Crippen LogP contribution >= 0.6 is 0 Å². The van der Waals surface area contributed by atoms with Crippen molar-refractivity contribution in [1.82, 2.24) is 9.03 Å². The van der Waals surface area contributed by atoms with Crippen LogP contribution in [0, 0.1) is 0 Å². The summed E-state index contributed by atoms with van der Waals surface area (Å²) in [6.45, 7) is 2.79. The minimum absolute atomic E-state index is 0.0443. The van der Waals surface area contributed by atoms with Crippen LogP contribution in [0.1, 0.15) is 37.8 Å². The first-order valence-corrected chi connectivity index (χ1v) is 11.9. The summed E-state index contributed by atoms with van der Waals surface area (Å²) in [4.78, 5) is 0.169. The van der Waals surface area contributed by atoms with Crippen LogP contribution in [0.4, 0.5) is 0 Å². The van der Waals surface area contributed by atoms with Crippen LogP contribution in [0.2, 0.25) is 0 Å². The smallest absolute Gasteiger partial charge is 0.207 e. The Morgan fingerprint density at radius 1 is 0.815 bits per heavy atom. The standard InChI is InChI=1S/C19H24N2O4S2/c1-16(17-8-4-2-5-9-17)20-26(22,23)18-10-12-19(13-11-18)27(24,25)21-14-6-3-7-15-21/h2,4-5,8-13,16,20H,3,6-7,14-15H2,1H3. The van der Waals surface area contributed by atoms with Gasteiger partial charge in [0.1, 0.15) is 0 Å². The van der Waals surface area contributed by atoms with Gasteiger partial charge in [-0.1, -0.05) is 36.8 Å². The maximum atomic E-state index is 12.7. The highest BCUT2D eigenvalue weighted by Crippen LogP contribution is 2.23. The van der Waals surface area contributed by atoms with E-state index in [4.69, 9.17) is 0 Å². The molecular weight excluding hydrogens is 384 g/mol. The highest BCUT2D eigenvalue weighted by Gasteiger charge is 2.26. The molecule has 2 aromatic carbocycles. The van der Waals surface area contributed by atoms with Gasteiger partial charge in [0.05, 0.1) is 9.79 Å². The Morgan fingerprint density at radius 3 is 1.96 bits per heavy atom. The molecule has 0 radical (unpaired) electrons. The minimum atomic E-state index is -3.75. The normalized spacial score (nSPS) is 17.5. The van der Waals surface area contributed by atoms with Gasteiger partial charge in [0.25, 0.3) is 0 Å². The van der Waals surface area contributed by atoms with Gasteiger partial charge >= 0.3 is 0 Å². The van der Waals surface area contributed by atoms with Gasteiger partial charge in [-0.15, -0.1) is 0 Å². The molecule has 6 nitrogen and oxygen atoms in total. The topological polar surface area (TPSA) is 83.5 Å². The molecule has 0 aliphatic carbocycles. The zero-order chi connectivity index (χ0) is 19.5. The lowest BCUT2D eigenvalue weighted by molar-refractivity contribution is 0.346. The number of sulfonamides is 2. The van der Waals surface area contributed by atoms with Crippen molar-refractivity contribution in [2.75, 3.05) is 13.1 Å². The molecule has 146 valence electrons. The first-order valence-electron chi connectivity index (χ1n) is 8.98. The van der Waals surface area contributed by atoms with Crippen LogP contribution in [0.3, 0.4) is 0 Å². The van der Waals surface area contributed by atoms with Gasteiger partial charge in [-0.2, -0.15) is 4.31 Å². The fraction of sp³-hybridized carbons (Fsp3) is 0.368. The summed E-state index contributed by atoms with van der Waals surface area (Å²) in [6.07, 6.45) is 2.74. The molecule has 1 saturated heterocycles. The van der Waals surface area contributed by atoms with Gasteiger partial charge in [0.15, 0.2) is 0 Å². The molecule has 1 aliphatic heterocycles. The van der Waals surface area contributed by atoms with E-state index in [0.29, 0.717) is 13.1 Å². The highest BCUT2D eigenvalue weighted by atomic mass is 32.2. The Bertz CT molecular complexity index is 966. The number of benzene rings is 2. The molecule has 0 aromatic heterocycles. The molecule has 1 heterocycles. The van der Waals surface area contributed by atoms with Crippen molar-refractivity contribution in [1.29, 1.82) is 0 Å². The Hall–Kier alpha value is -1.74. The number of nitrogens with one attached hydrogen (secondary N) is 1. The first kappa shape index (κ1) is 20.0. The van der Waals surface area contributed by atoms with Crippen LogP contribution < -0.4 is 4.72 Å². The lowest BCUT2D eigenvalue weighted by Crippen LogP contribution is -2.35. The fourth-order valence-corrected chi connectivity index (χ4v) is 5.90. The first-order chi connectivity index (χ1) is 12.8. The second-order valence-corrected chi connectivity index (χ2v) is 10.3. The SMILES string of the molecule is CC(NS(=O)(=O)c1ccc(S(=O)(=O)N2CCCCC2)cc1)c1ccccc1. The third-order valence-corrected chi connectivity index (χ3v) is 8.19. The molecular formula is C19H24N2O4S2. The average molecular weight is 409 g/mol. The third kappa shape index (κ3) is 4.57. The van der Waals surface area contributed by atoms with E-state index in [9.17, 15) is 16.8 Å². The van der Waals surface area contributed by atoms with Crippen LogP contribution in [0.5, 0.6) is 0 Å². The molecule has 0 amide bonds. The molecule has 0 saturated carbocycles. The lowest BCUT2D eigenvalue weighted by atomic mass is 10.1. The largest absolute Gasteiger partial charge is 0.243 e. The van der Waals surface area contributed by atoms with Crippen LogP contribution in [-0.4, -0.2) is 34.2 Å². The van der Waals surface area contributed by atoms with E-state index in [1.807, 2.05) is 30.3 Å². The van der Waals surface area contributed by atoms with E-state index in [0.717, 1.165) is 24.8 Å². The van der Waals surface area contributed by atoms with E-state index >= 15 is 0 Å². The summed E-state index contributed by atoms with van der Waals surface area (Å²) in [7, 11) is -7.33. The molecule has 1 aliphatic rings. The molecule has 1 unspecified atom stereocenters. The molecule has 1 atom stereocenters. The van der Waals surface area contributed by atoms with E-state index in [2.05, 4.69) is 4.72 Å². The van der Waals surface area contributed by atoms with Gasteiger partial charge in [-0.25, -0.2) is 21.6 Å². The van der Waals surface area contributed by atoms with Crippen molar-refractivity contribution in [3.05, 3.63) is 60.2 Å². The van der Waals surface area contributed by atoms with Crippen molar-refractivity contribution in [2.24, 2.45) is 0 Å². The molecule has 0 bridgehead atoms. The Kier molecular flexibility index (Phi) is 6.00. The van der Waals surface area contributed by atoms with Gasteiger partial charge in [-0.3, -0.25) is 0 Å². The second-order valence-electron chi connectivity index (χ2n) is 6.69. The molecule has 1 fully saturated rings. The quantitative estimate of drug-likeness (QED) is 0.797. The number of piperidine rings is 1. The monoisotopic (exact) mass is 408 g/mol. The molecule has 8 heteroatoms. The van der Waals surface area contributed by atoms with Gasteiger partial charge in [0, 0.05) is 19.1 Å². The zero-order valence-corrected chi connectivity index (χ0v) is 16.8. The molecule has 27 heavy (non-hydrogen) atoms. The van der Waals surface area contributed by atoms with Crippen molar-refractivity contribution >= 4 is 20.0 Å². The Labute approximate surface area is 161 Å². The maximum Gasteiger partial charge on any atom is 0.243 e. The summed E-state index contributed by atoms with van der Waals surface area (Å²) in [6, 6.07) is 14.3. The Balaban J connectivity index is 1.78. The summed E-state index contributed by atoms with van der Waals surface area (Å²) in [5.74, 6) is 0. The molecule has 3 rings (SSSR count). The van der Waals surface area contributed by atoms with Crippen molar-refractivity contribution in [3.63, 3.8) is 0 Å². The Morgan fingerprint density at radius 2 is 1.37 bits per heavy atom. The van der Waals surface area contributed by atoms with E-state index in [1.165, 1.54) is 28.6 Å². The van der Waals surface area contributed by atoms with Gasteiger partial charge in [0.2, 0.25) is 20.0 Å². The zero-order valence-electron chi connectivity index (χ0n) is 15.2. The molecule has 0 spiro atoms. The fourth-order valence-electron chi connectivity index (χ4n) is 3.16. The van der Waals surface area contributed by atoms with Crippen molar-refractivity contribution in [3.8, 4) is 0 Å². The van der Waals surface area contributed by atoms with Gasteiger partial charge in [-0.05, 0) is 49.6 Å². The second kappa shape index (κ2) is 8.10. The van der Waals surface area contributed by atoms with Gasteiger partial charge < -0.3 is 0 Å². The summed E-state index contributed by atoms with van der Waals surface area (Å²) < 4.78 is 54.6. The number of hydrogen-bond acceptors (Lipinski definition) is 4. The minimum Gasteiger partial charge on any atom is -0.207 e. The van der Waals surface area contributed by atoms with E-state index in [-0.39, 0.29) is 9.79 Å². The highest BCUT2D eigenvalue weighted by molar-refractivity contribution is 7.89. The number of rotatable bonds is 6. The van der Waals surface area contributed by atoms with Crippen LogP contribution in [-0.2, 0) is 20.0 Å². The summed E-state index contributed by atoms with van der Waals surface area (Å²) in [5.41, 5.74) is 0.852. The predicted molar refractivity (Wildman–Crippen MR) is 104 cm³/mol. The molecule has 1 N–H and O–H groups in total. The number of nitrogens with zero attached hydrogens (tertiary/aromatic N) is 1. The van der Waals surface area contributed by atoms with Crippen molar-refractivity contribution in [2.45, 2.75) is 42.0 Å². The summed E-state index contributed by atoms with van der Waals surface area (Å²) >= 11 is 0. The lowest BCUT2D eigenvalue weighted by Gasteiger charge is -2.25. The van der Waals surface area contributed by atoms with Crippen molar-refractivity contribution < 1.29 is 16.8 Å². The maximum absolute atomic E-state index is 12.7. The third-order valence-electron chi connectivity index (χ3n) is 4.72.